The molecular weight excluding hydrogens is 303 g/mol. The van der Waals surface area contributed by atoms with E-state index in [-0.39, 0.29) is 24.4 Å². The van der Waals surface area contributed by atoms with Gasteiger partial charge in [-0.1, -0.05) is 24.3 Å². The number of pyridine rings is 1. The second-order valence-corrected chi connectivity index (χ2v) is 5.84. The molecule has 0 aliphatic carbocycles. The van der Waals surface area contributed by atoms with E-state index in [9.17, 15) is 14.7 Å². The number of amides is 1. The maximum absolute atomic E-state index is 11.6. The number of benzene rings is 1. The Balaban J connectivity index is 0.00000288. The Labute approximate surface area is 152 Å². The van der Waals surface area contributed by atoms with E-state index in [1.807, 2.05) is 0 Å². The molecule has 0 fully saturated rings. The van der Waals surface area contributed by atoms with Crippen LogP contribution < -0.4 is 18.9 Å². The Morgan fingerprint density at radius 2 is 1.75 bits per heavy atom. The number of aromatic carboxylic acids is 1. The summed E-state index contributed by atoms with van der Waals surface area (Å²) in [7, 11) is 0. The summed E-state index contributed by atoms with van der Waals surface area (Å²) in [4.78, 5) is 27.0. The van der Waals surface area contributed by atoms with Crippen LogP contribution in [0.25, 0.3) is 16.6 Å². The molecule has 1 aromatic carbocycles. The molecule has 0 aliphatic rings. The molecular formula is C17H17LiN2O4. The molecule has 0 spiro atoms. The van der Waals surface area contributed by atoms with Crippen LogP contribution in [0.5, 0.6) is 0 Å². The van der Waals surface area contributed by atoms with Gasteiger partial charge < -0.3 is 15.2 Å². The first-order chi connectivity index (χ1) is 10.8. The van der Waals surface area contributed by atoms with E-state index >= 15 is 0 Å². The van der Waals surface area contributed by atoms with E-state index in [0.29, 0.717) is 16.9 Å². The van der Waals surface area contributed by atoms with Gasteiger partial charge in [0.15, 0.2) is 0 Å². The summed E-state index contributed by atoms with van der Waals surface area (Å²) in [5, 5.41) is 13.0. The van der Waals surface area contributed by atoms with Gasteiger partial charge in [-0.2, -0.15) is 0 Å². The van der Waals surface area contributed by atoms with Crippen molar-refractivity contribution in [1.82, 2.24) is 4.98 Å². The smallest absolute Gasteiger partial charge is 0.591 e. The Bertz CT molecular complexity index is 724. The minimum absolute atomic E-state index is 0. The van der Waals surface area contributed by atoms with E-state index in [4.69, 9.17) is 4.74 Å². The molecule has 1 aromatic heterocycles. The maximum atomic E-state index is 11.6. The minimum Gasteiger partial charge on any atom is -0.591 e. The van der Waals surface area contributed by atoms with Gasteiger partial charge in [0.25, 0.3) is 0 Å². The first-order valence-corrected chi connectivity index (χ1v) is 7.00. The quantitative estimate of drug-likeness (QED) is 0.863. The van der Waals surface area contributed by atoms with Crippen LogP contribution in [0.2, 0.25) is 0 Å². The van der Waals surface area contributed by atoms with Crippen LogP contribution in [0.4, 0.5) is 10.5 Å². The SMILES string of the molecule is CC(C)(C)OC(=O)[N-]c1ccc(-c2ncccc2C(=O)O)cc1.[Li+]. The van der Waals surface area contributed by atoms with Crippen LogP contribution >= 0.6 is 0 Å². The Morgan fingerprint density at radius 3 is 2.29 bits per heavy atom. The molecule has 0 aliphatic heterocycles. The van der Waals surface area contributed by atoms with Gasteiger partial charge >= 0.3 is 24.8 Å². The zero-order valence-electron chi connectivity index (χ0n) is 14.1. The van der Waals surface area contributed by atoms with Crippen molar-refractivity contribution in [3.63, 3.8) is 0 Å². The molecule has 0 atom stereocenters. The predicted octanol–water partition coefficient (Wildman–Crippen LogP) is 1.39. The van der Waals surface area contributed by atoms with Crippen molar-refractivity contribution in [2.45, 2.75) is 26.4 Å². The van der Waals surface area contributed by atoms with Crippen LogP contribution in [0.3, 0.4) is 0 Å². The Morgan fingerprint density at radius 1 is 1.12 bits per heavy atom. The molecule has 6 nitrogen and oxygen atoms in total. The van der Waals surface area contributed by atoms with Crippen molar-refractivity contribution >= 4 is 17.7 Å². The van der Waals surface area contributed by atoms with Gasteiger partial charge in [-0.15, -0.1) is 5.69 Å². The van der Waals surface area contributed by atoms with E-state index < -0.39 is 17.7 Å². The fraction of sp³-hybridized carbons (Fsp3) is 0.235. The zero-order valence-corrected chi connectivity index (χ0v) is 14.1. The summed E-state index contributed by atoms with van der Waals surface area (Å²) in [5.74, 6) is -1.05. The van der Waals surface area contributed by atoms with Gasteiger partial charge in [0.1, 0.15) is 5.60 Å². The van der Waals surface area contributed by atoms with Gasteiger partial charge in [0.2, 0.25) is 6.09 Å². The number of carbonyl (C=O) groups excluding carboxylic acids is 1. The minimum atomic E-state index is -1.05. The van der Waals surface area contributed by atoms with Crippen LogP contribution in [-0.2, 0) is 4.74 Å². The molecule has 2 rings (SSSR count). The molecule has 7 heteroatoms. The molecule has 0 bridgehead atoms. The molecule has 1 heterocycles. The number of hydrogen-bond donors (Lipinski definition) is 1. The number of carbonyl (C=O) groups is 2. The molecule has 24 heavy (non-hydrogen) atoms. The summed E-state index contributed by atoms with van der Waals surface area (Å²) in [6, 6.07) is 9.61. The third-order valence-electron chi connectivity index (χ3n) is 2.79. The van der Waals surface area contributed by atoms with Crippen LogP contribution in [0, 0.1) is 0 Å². The largest absolute Gasteiger partial charge is 1.00 e. The van der Waals surface area contributed by atoms with Crippen LogP contribution in [0.1, 0.15) is 31.1 Å². The van der Waals surface area contributed by atoms with Crippen molar-refractivity contribution in [2.75, 3.05) is 0 Å². The van der Waals surface area contributed by atoms with Gasteiger partial charge in [0.05, 0.1) is 11.3 Å². The monoisotopic (exact) mass is 320 g/mol. The molecule has 1 N–H and O–H groups in total. The topological polar surface area (TPSA) is 90.6 Å². The molecule has 120 valence electrons. The Hall–Kier alpha value is -2.29. The summed E-state index contributed by atoms with van der Waals surface area (Å²) in [6.07, 6.45) is 0.857. The van der Waals surface area contributed by atoms with Crippen LogP contribution in [0.15, 0.2) is 42.6 Å². The number of carboxylic acid groups (broad SMARTS) is 1. The van der Waals surface area contributed by atoms with E-state index in [1.165, 1.54) is 12.3 Å². The maximum Gasteiger partial charge on any atom is 1.00 e. The fourth-order valence-corrected chi connectivity index (χ4v) is 1.89. The predicted molar refractivity (Wildman–Crippen MR) is 85.9 cm³/mol. The second kappa shape index (κ2) is 8.00. The van der Waals surface area contributed by atoms with E-state index in [1.54, 1.807) is 51.1 Å². The Kier molecular flexibility index (Phi) is 6.58. The summed E-state index contributed by atoms with van der Waals surface area (Å²) >= 11 is 0. The van der Waals surface area contributed by atoms with Gasteiger partial charge in [-0.25, -0.2) is 4.79 Å². The zero-order chi connectivity index (χ0) is 17.0. The third-order valence-corrected chi connectivity index (χ3v) is 2.79. The summed E-state index contributed by atoms with van der Waals surface area (Å²) in [5.41, 5.74) is 0.931. The molecule has 0 unspecified atom stereocenters. The van der Waals surface area contributed by atoms with Crippen molar-refractivity contribution in [2.24, 2.45) is 0 Å². The number of rotatable bonds is 3. The molecule has 0 saturated heterocycles. The third kappa shape index (κ3) is 5.41. The average molecular weight is 320 g/mol. The van der Waals surface area contributed by atoms with Gasteiger partial charge in [0, 0.05) is 11.8 Å². The molecule has 1 amide bonds. The fourth-order valence-electron chi connectivity index (χ4n) is 1.89. The number of aromatic nitrogens is 1. The molecule has 2 aromatic rings. The average Bonchev–Trinajstić information content (AvgIpc) is 2.46. The van der Waals surface area contributed by atoms with Crippen molar-refractivity contribution < 1.29 is 38.3 Å². The number of carboxylic acids is 1. The first-order valence-electron chi connectivity index (χ1n) is 7.00. The molecule has 0 saturated carbocycles. The normalized spacial score (nSPS) is 10.5. The van der Waals surface area contributed by atoms with E-state index in [0.717, 1.165) is 0 Å². The number of nitrogens with zero attached hydrogens (tertiary/aromatic N) is 2. The summed E-state index contributed by atoms with van der Waals surface area (Å²) in [6.45, 7) is 5.29. The van der Waals surface area contributed by atoms with Gasteiger partial charge in [-0.05, 0) is 32.9 Å². The van der Waals surface area contributed by atoms with Gasteiger partial charge in [-0.3, -0.25) is 9.78 Å². The first kappa shape index (κ1) is 19.8. The van der Waals surface area contributed by atoms with Crippen LogP contribution in [-0.4, -0.2) is 27.8 Å². The van der Waals surface area contributed by atoms with E-state index in [2.05, 4.69) is 10.3 Å². The second-order valence-electron chi connectivity index (χ2n) is 5.84. The summed E-state index contributed by atoms with van der Waals surface area (Å²) < 4.78 is 5.11. The van der Waals surface area contributed by atoms with Crippen molar-refractivity contribution in [3.05, 3.63) is 53.5 Å². The number of ether oxygens (including phenoxy) is 1. The van der Waals surface area contributed by atoms with Crippen molar-refractivity contribution in [3.8, 4) is 11.3 Å². The standard InChI is InChI=1S/C17H18N2O4.Li/c1-17(2,3)23-16(22)19-12-8-6-11(7-9-12)14-13(15(20)21)5-4-10-18-14;/h4-10H,1-3H3,(H2,18,19,20,21,22);/q;+1/p-1. The molecule has 0 radical (unpaired) electrons. The van der Waals surface area contributed by atoms with Crippen molar-refractivity contribution in [1.29, 1.82) is 0 Å². The number of hydrogen-bond acceptors (Lipinski definition) is 4.